The SMILES string of the molecule is COc1cc([C@H]2CC(=O)Nc3c(-c4ccc(F)cc4)nsc32)ccc1OCC(N)=O. The molecule has 0 saturated carbocycles. The van der Waals surface area contributed by atoms with Crippen molar-refractivity contribution in [2.24, 2.45) is 5.73 Å². The summed E-state index contributed by atoms with van der Waals surface area (Å²) in [7, 11) is 1.49. The zero-order valence-corrected chi connectivity index (χ0v) is 16.8. The first-order valence-corrected chi connectivity index (χ1v) is 9.88. The number of amides is 2. The fraction of sp³-hybridized carbons (Fsp3) is 0.190. The van der Waals surface area contributed by atoms with Gasteiger partial charge in [0, 0.05) is 17.9 Å². The zero-order chi connectivity index (χ0) is 21.3. The Morgan fingerprint density at radius 1 is 1.27 bits per heavy atom. The molecule has 4 rings (SSSR count). The third-order valence-electron chi connectivity index (χ3n) is 4.77. The van der Waals surface area contributed by atoms with Crippen molar-refractivity contribution in [3.63, 3.8) is 0 Å². The summed E-state index contributed by atoms with van der Waals surface area (Å²) in [6.45, 7) is -0.262. The van der Waals surface area contributed by atoms with E-state index in [4.69, 9.17) is 15.2 Å². The maximum absolute atomic E-state index is 13.3. The zero-order valence-electron chi connectivity index (χ0n) is 16.0. The van der Waals surface area contributed by atoms with Crippen molar-refractivity contribution in [1.82, 2.24) is 4.37 Å². The lowest BCUT2D eigenvalue weighted by Crippen LogP contribution is -2.22. The number of carbonyl (C=O) groups excluding carboxylic acids is 2. The minimum Gasteiger partial charge on any atom is -0.493 e. The Bertz CT molecular complexity index is 1110. The maximum Gasteiger partial charge on any atom is 0.255 e. The number of hydrogen-bond acceptors (Lipinski definition) is 6. The van der Waals surface area contributed by atoms with E-state index < -0.39 is 5.91 Å². The quantitative estimate of drug-likeness (QED) is 0.628. The third-order valence-corrected chi connectivity index (χ3v) is 5.73. The summed E-state index contributed by atoms with van der Waals surface area (Å²) in [5.74, 6) is -0.465. The van der Waals surface area contributed by atoms with Crippen molar-refractivity contribution < 1.29 is 23.5 Å². The average molecular weight is 427 g/mol. The second-order valence-corrected chi connectivity index (χ2v) is 7.55. The molecule has 1 aromatic heterocycles. The molecule has 0 unspecified atom stereocenters. The molecule has 2 heterocycles. The van der Waals surface area contributed by atoms with Gasteiger partial charge in [0.25, 0.3) is 5.91 Å². The molecule has 1 aliphatic heterocycles. The van der Waals surface area contributed by atoms with Crippen LogP contribution in [0.2, 0.25) is 0 Å². The van der Waals surface area contributed by atoms with E-state index in [1.54, 1.807) is 24.3 Å². The summed E-state index contributed by atoms with van der Waals surface area (Å²) in [5.41, 5.74) is 7.96. The number of fused-ring (bicyclic) bond motifs is 1. The number of hydrogen-bond donors (Lipinski definition) is 2. The molecule has 0 bridgehead atoms. The van der Waals surface area contributed by atoms with Crippen LogP contribution in [0.1, 0.15) is 22.8 Å². The molecule has 0 aliphatic carbocycles. The Balaban J connectivity index is 1.71. The topological polar surface area (TPSA) is 104 Å². The number of primary amides is 1. The van der Waals surface area contributed by atoms with Crippen molar-refractivity contribution in [3.05, 3.63) is 58.7 Å². The molecule has 2 amide bonds. The van der Waals surface area contributed by atoms with Gasteiger partial charge >= 0.3 is 0 Å². The number of rotatable bonds is 6. The Morgan fingerprint density at radius 2 is 2.03 bits per heavy atom. The average Bonchev–Trinajstić information content (AvgIpc) is 3.15. The summed E-state index contributed by atoms with van der Waals surface area (Å²) in [6, 6.07) is 11.3. The van der Waals surface area contributed by atoms with Gasteiger partial charge in [0.1, 0.15) is 11.5 Å². The van der Waals surface area contributed by atoms with Gasteiger partial charge in [0.15, 0.2) is 18.1 Å². The molecule has 0 spiro atoms. The van der Waals surface area contributed by atoms with Crippen LogP contribution in [0.3, 0.4) is 0 Å². The highest BCUT2D eigenvalue weighted by Gasteiger charge is 2.32. The minimum absolute atomic E-state index is 0.135. The second kappa shape index (κ2) is 8.11. The lowest BCUT2D eigenvalue weighted by atomic mass is 9.89. The normalized spacial score (nSPS) is 15.3. The predicted molar refractivity (Wildman–Crippen MR) is 110 cm³/mol. The van der Waals surface area contributed by atoms with E-state index in [1.165, 1.54) is 30.8 Å². The fourth-order valence-corrected chi connectivity index (χ4v) is 4.35. The molecule has 3 N–H and O–H groups in total. The van der Waals surface area contributed by atoms with Gasteiger partial charge in [-0.25, -0.2) is 4.39 Å². The van der Waals surface area contributed by atoms with Crippen molar-refractivity contribution in [1.29, 1.82) is 0 Å². The van der Waals surface area contributed by atoms with E-state index in [-0.39, 0.29) is 30.7 Å². The summed E-state index contributed by atoms with van der Waals surface area (Å²) < 4.78 is 28.6. The monoisotopic (exact) mass is 427 g/mol. The second-order valence-electron chi connectivity index (χ2n) is 6.75. The van der Waals surface area contributed by atoms with Crippen molar-refractivity contribution in [2.75, 3.05) is 19.0 Å². The van der Waals surface area contributed by atoms with Gasteiger partial charge in [0.2, 0.25) is 5.91 Å². The molecule has 0 fully saturated rings. The molecule has 0 radical (unpaired) electrons. The van der Waals surface area contributed by atoms with Gasteiger partial charge in [-0.3, -0.25) is 9.59 Å². The van der Waals surface area contributed by atoms with E-state index in [0.717, 1.165) is 16.0 Å². The Labute approximate surface area is 175 Å². The van der Waals surface area contributed by atoms with Gasteiger partial charge in [-0.15, -0.1) is 0 Å². The van der Waals surface area contributed by atoms with Crippen LogP contribution in [0.4, 0.5) is 10.1 Å². The van der Waals surface area contributed by atoms with Crippen LogP contribution in [0.25, 0.3) is 11.3 Å². The first-order chi connectivity index (χ1) is 14.5. The lowest BCUT2D eigenvalue weighted by molar-refractivity contribution is -0.120. The number of benzene rings is 2. The highest BCUT2D eigenvalue weighted by atomic mass is 32.1. The summed E-state index contributed by atoms with van der Waals surface area (Å²) in [6.07, 6.45) is 0.253. The fourth-order valence-electron chi connectivity index (χ4n) is 3.37. The molecule has 7 nitrogen and oxygen atoms in total. The van der Waals surface area contributed by atoms with Gasteiger partial charge in [-0.05, 0) is 53.5 Å². The molecule has 1 aliphatic rings. The Hall–Kier alpha value is -3.46. The molecular weight excluding hydrogens is 409 g/mol. The van der Waals surface area contributed by atoms with Gasteiger partial charge in [-0.2, -0.15) is 4.37 Å². The smallest absolute Gasteiger partial charge is 0.255 e. The number of anilines is 1. The van der Waals surface area contributed by atoms with Crippen molar-refractivity contribution in [2.45, 2.75) is 12.3 Å². The van der Waals surface area contributed by atoms with E-state index in [0.29, 0.717) is 22.9 Å². The maximum atomic E-state index is 13.3. The van der Waals surface area contributed by atoms with Crippen LogP contribution in [-0.4, -0.2) is 29.9 Å². The number of halogens is 1. The third kappa shape index (κ3) is 3.84. The summed E-state index contributed by atoms with van der Waals surface area (Å²) in [5, 5.41) is 2.90. The van der Waals surface area contributed by atoms with E-state index in [2.05, 4.69) is 9.69 Å². The predicted octanol–water partition coefficient (Wildman–Crippen LogP) is 3.30. The largest absolute Gasteiger partial charge is 0.493 e. The summed E-state index contributed by atoms with van der Waals surface area (Å²) in [4.78, 5) is 24.3. The first kappa shape index (κ1) is 19.8. The molecule has 3 aromatic rings. The molecule has 154 valence electrons. The molecule has 9 heteroatoms. The summed E-state index contributed by atoms with van der Waals surface area (Å²) >= 11 is 1.30. The Kier molecular flexibility index (Phi) is 5.37. The van der Waals surface area contributed by atoms with Crippen LogP contribution >= 0.6 is 11.5 Å². The number of aromatic nitrogens is 1. The highest BCUT2D eigenvalue weighted by Crippen LogP contribution is 2.46. The van der Waals surface area contributed by atoms with Gasteiger partial charge in [-0.1, -0.05) is 6.07 Å². The van der Waals surface area contributed by atoms with E-state index >= 15 is 0 Å². The highest BCUT2D eigenvalue weighted by molar-refractivity contribution is 7.07. The van der Waals surface area contributed by atoms with Crippen molar-refractivity contribution >= 4 is 29.0 Å². The van der Waals surface area contributed by atoms with Crippen LogP contribution in [-0.2, 0) is 9.59 Å². The number of methoxy groups -OCH3 is 1. The molecule has 2 aromatic carbocycles. The molecule has 1 atom stereocenters. The number of ether oxygens (including phenoxy) is 2. The standard InChI is InChI=1S/C21H18FN3O4S/c1-28-16-8-12(4-7-15(16)29-10-17(23)26)14-9-18(27)24-20-19(25-30-21(14)20)11-2-5-13(22)6-3-11/h2-8,14H,9-10H2,1H3,(H2,23,26)(H,24,27)/t14-/m1/s1. The van der Waals surface area contributed by atoms with E-state index in [1.807, 2.05) is 6.07 Å². The molecule has 0 saturated heterocycles. The van der Waals surface area contributed by atoms with Crippen LogP contribution in [0.15, 0.2) is 42.5 Å². The first-order valence-electron chi connectivity index (χ1n) is 9.10. The van der Waals surface area contributed by atoms with Crippen LogP contribution in [0.5, 0.6) is 11.5 Å². The number of carbonyl (C=O) groups is 2. The number of nitrogens with zero attached hydrogens (tertiary/aromatic N) is 1. The molecule has 30 heavy (non-hydrogen) atoms. The van der Waals surface area contributed by atoms with Crippen molar-refractivity contribution in [3.8, 4) is 22.8 Å². The van der Waals surface area contributed by atoms with Gasteiger partial charge < -0.3 is 20.5 Å². The lowest BCUT2D eigenvalue weighted by Gasteiger charge is -2.23. The molecular formula is C21H18FN3O4S. The number of nitrogens with one attached hydrogen (secondary N) is 1. The minimum atomic E-state index is -0.590. The van der Waals surface area contributed by atoms with E-state index in [9.17, 15) is 14.0 Å². The van der Waals surface area contributed by atoms with Crippen LogP contribution < -0.4 is 20.5 Å². The van der Waals surface area contributed by atoms with Gasteiger partial charge in [0.05, 0.1) is 17.7 Å². The Morgan fingerprint density at radius 3 is 2.73 bits per heavy atom. The number of nitrogens with two attached hydrogens (primary N) is 1. The van der Waals surface area contributed by atoms with Crippen LogP contribution in [0, 0.1) is 5.82 Å².